The summed E-state index contributed by atoms with van der Waals surface area (Å²) in [5, 5.41) is 3.49. The summed E-state index contributed by atoms with van der Waals surface area (Å²) in [6, 6.07) is 10.2. The fraction of sp³-hybridized carbons (Fsp3) is 0.667. The molecule has 1 atom stereocenters. The Bertz CT molecular complexity index is 400. The first kappa shape index (κ1) is 15.4. The van der Waals surface area contributed by atoms with Crippen molar-refractivity contribution < 1.29 is 0 Å². The molecule has 0 amide bonds. The SMILES string of the molecule is CC(C)NCCCCCCN1c2ccccc2CC1C. The van der Waals surface area contributed by atoms with Crippen LogP contribution in [0.1, 0.15) is 52.0 Å². The molecular weight excluding hydrogens is 244 g/mol. The van der Waals surface area contributed by atoms with E-state index in [4.69, 9.17) is 0 Å². The van der Waals surface area contributed by atoms with Crippen LogP contribution in [-0.2, 0) is 6.42 Å². The molecule has 0 aliphatic carbocycles. The van der Waals surface area contributed by atoms with Gasteiger partial charge in [0.2, 0.25) is 0 Å². The van der Waals surface area contributed by atoms with Crippen LogP contribution >= 0.6 is 0 Å². The number of hydrogen-bond acceptors (Lipinski definition) is 2. The summed E-state index contributed by atoms with van der Waals surface area (Å²) in [6.45, 7) is 9.17. The summed E-state index contributed by atoms with van der Waals surface area (Å²) in [4.78, 5) is 2.60. The largest absolute Gasteiger partial charge is 0.368 e. The zero-order chi connectivity index (χ0) is 14.4. The van der Waals surface area contributed by atoms with Gasteiger partial charge in [0, 0.05) is 24.3 Å². The van der Waals surface area contributed by atoms with Gasteiger partial charge in [0.05, 0.1) is 0 Å². The maximum Gasteiger partial charge on any atom is 0.0402 e. The van der Waals surface area contributed by atoms with Crippen molar-refractivity contribution in [1.29, 1.82) is 0 Å². The fourth-order valence-electron chi connectivity index (χ4n) is 3.12. The Morgan fingerprint density at radius 3 is 2.70 bits per heavy atom. The van der Waals surface area contributed by atoms with Crippen LogP contribution in [0.4, 0.5) is 5.69 Å². The Labute approximate surface area is 124 Å². The van der Waals surface area contributed by atoms with Crippen LogP contribution in [0.5, 0.6) is 0 Å². The Morgan fingerprint density at radius 1 is 1.15 bits per heavy atom. The molecule has 1 N–H and O–H groups in total. The number of benzene rings is 1. The summed E-state index contributed by atoms with van der Waals surface area (Å²) in [7, 11) is 0. The van der Waals surface area contributed by atoms with Gasteiger partial charge in [-0.2, -0.15) is 0 Å². The molecule has 0 saturated carbocycles. The molecule has 0 bridgehead atoms. The number of rotatable bonds is 8. The summed E-state index contributed by atoms with van der Waals surface area (Å²) in [6.07, 6.45) is 6.55. The van der Waals surface area contributed by atoms with Gasteiger partial charge in [-0.3, -0.25) is 0 Å². The Morgan fingerprint density at radius 2 is 1.90 bits per heavy atom. The predicted octanol–water partition coefficient (Wildman–Crippen LogP) is 4.00. The molecule has 0 saturated heterocycles. The third-order valence-corrected chi connectivity index (χ3v) is 4.23. The Balaban J connectivity index is 1.65. The minimum atomic E-state index is 0.622. The smallest absolute Gasteiger partial charge is 0.0402 e. The predicted molar refractivity (Wildman–Crippen MR) is 88.6 cm³/mol. The van der Waals surface area contributed by atoms with Crippen molar-refractivity contribution in [1.82, 2.24) is 5.32 Å². The molecule has 112 valence electrons. The van der Waals surface area contributed by atoms with E-state index in [0.29, 0.717) is 12.1 Å². The molecule has 2 nitrogen and oxygen atoms in total. The average molecular weight is 274 g/mol. The van der Waals surface area contributed by atoms with Gasteiger partial charge >= 0.3 is 0 Å². The first-order valence-electron chi connectivity index (χ1n) is 8.26. The van der Waals surface area contributed by atoms with Gasteiger partial charge < -0.3 is 10.2 Å². The molecule has 2 heteroatoms. The summed E-state index contributed by atoms with van der Waals surface area (Å²) < 4.78 is 0. The van der Waals surface area contributed by atoms with Crippen LogP contribution in [0.15, 0.2) is 24.3 Å². The maximum atomic E-state index is 3.49. The molecule has 20 heavy (non-hydrogen) atoms. The molecule has 0 radical (unpaired) electrons. The lowest BCUT2D eigenvalue weighted by Gasteiger charge is -2.24. The van der Waals surface area contributed by atoms with E-state index in [1.807, 2.05) is 0 Å². The van der Waals surface area contributed by atoms with E-state index in [-0.39, 0.29) is 0 Å². The summed E-state index contributed by atoms with van der Waals surface area (Å²) in [5.41, 5.74) is 3.00. The number of nitrogens with zero attached hydrogens (tertiary/aromatic N) is 1. The van der Waals surface area contributed by atoms with Crippen LogP contribution in [0.2, 0.25) is 0 Å². The van der Waals surface area contributed by atoms with Crippen molar-refractivity contribution in [3.05, 3.63) is 29.8 Å². The van der Waals surface area contributed by atoms with Crippen molar-refractivity contribution in [2.24, 2.45) is 0 Å². The quantitative estimate of drug-likeness (QED) is 0.721. The van der Waals surface area contributed by atoms with E-state index >= 15 is 0 Å². The van der Waals surface area contributed by atoms with Crippen molar-refractivity contribution in [2.75, 3.05) is 18.0 Å². The molecule has 2 rings (SSSR count). The highest BCUT2D eigenvalue weighted by molar-refractivity contribution is 5.59. The van der Waals surface area contributed by atoms with Crippen molar-refractivity contribution >= 4 is 5.69 Å². The number of hydrogen-bond donors (Lipinski definition) is 1. The van der Waals surface area contributed by atoms with E-state index < -0.39 is 0 Å². The molecule has 1 aliphatic rings. The van der Waals surface area contributed by atoms with Gasteiger partial charge in [-0.15, -0.1) is 0 Å². The lowest BCUT2D eigenvalue weighted by atomic mass is 10.1. The molecular formula is C18H30N2. The second kappa shape index (κ2) is 7.68. The van der Waals surface area contributed by atoms with Gasteiger partial charge in [0.15, 0.2) is 0 Å². The van der Waals surface area contributed by atoms with Crippen molar-refractivity contribution in [2.45, 2.75) is 65.0 Å². The molecule has 1 aromatic rings. The first-order chi connectivity index (χ1) is 9.68. The number of nitrogens with one attached hydrogen (secondary N) is 1. The minimum absolute atomic E-state index is 0.622. The van der Waals surface area contributed by atoms with Crippen LogP contribution in [0.25, 0.3) is 0 Å². The number of para-hydroxylation sites is 1. The van der Waals surface area contributed by atoms with Gasteiger partial charge in [0.1, 0.15) is 0 Å². The average Bonchev–Trinajstić information content (AvgIpc) is 2.73. The van der Waals surface area contributed by atoms with Gasteiger partial charge in [-0.05, 0) is 44.4 Å². The first-order valence-corrected chi connectivity index (χ1v) is 8.26. The zero-order valence-electron chi connectivity index (χ0n) is 13.4. The normalized spacial score (nSPS) is 17.8. The van der Waals surface area contributed by atoms with E-state index in [2.05, 4.69) is 55.3 Å². The Kier molecular flexibility index (Phi) is 5.90. The summed E-state index contributed by atoms with van der Waals surface area (Å²) in [5.74, 6) is 0. The highest BCUT2D eigenvalue weighted by atomic mass is 15.2. The monoisotopic (exact) mass is 274 g/mol. The van der Waals surface area contributed by atoms with E-state index in [9.17, 15) is 0 Å². The molecule has 0 aromatic heterocycles. The van der Waals surface area contributed by atoms with Crippen LogP contribution in [-0.4, -0.2) is 25.2 Å². The number of unbranched alkanes of at least 4 members (excludes halogenated alkanes) is 3. The van der Waals surface area contributed by atoms with Gasteiger partial charge in [-0.25, -0.2) is 0 Å². The van der Waals surface area contributed by atoms with E-state index in [0.717, 1.165) is 0 Å². The fourth-order valence-corrected chi connectivity index (χ4v) is 3.12. The third-order valence-electron chi connectivity index (χ3n) is 4.23. The van der Waals surface area contributed by atoms with Crippen LogP contribution < -0.4 is 10.2 Å². The second-order valence-electron chi connectivity index (χ2n) is 6.40. The molecule has 1 aliphatic heterocycles. The summed E-state index contributed by atoms with van der Waals surface area (Å²) >= 11 is 0. The van der Waals surface area contributed by atoms with Gasteiger partial charge in [-0.1, -0.05) is 44.9 Å². The van der Waals surface area contributed by atoms with Crippen molar-refractivity contribution in [3.63, 3.8) is 0 Å². The zero-order valence-corrected chi connectivity index (χ0v) is 13.4. The maximum absolute atomic E-state index is 3.49. The topological polar surface area (TPSA) is 15.3 Å². The van der Waals surface area contributed by atoms with Crippen molar-refractivity contribution in [3.8, 4) is 0 Å². The molecule has 1 heterocycles. The second-order valence-corrected chi connectivity index (χ2v) is 6.40. The number of anilines is 1. The molecule has 1 aromatic carbocycles. The lowest BCUT2D eigenvalue weighted by molar-refractivity contribution is 0.536. The Hall–Kier alpha value is -1.02. The highest BCUT2D eigenvalue weighted by Crippen LogP contribution is 2.31. The van der Waals surface area contributed by atoms with Crippen LogP contribution in [0, 0.1) is 0 Å². The van der Waals surface area contributed by atoms with E-state index in [1.165, 1.54) is 56.4 Å². The van der Waals surface area contributed by atoms with E-state index in [1.54, 1.807) is 0 Å². The number of fused-ring (bicyclic) bond motifs is 1. The van der Waals surface area contributed by atoms with Gasteiger partial charge in [0.25, 0.3) is 0 Å². The van der Waals surface area contributed by atoms with Crippen LogP contribution in [0.3, 0.4) is 0 Å². The standard InChI is InChI=1S/C18H30N2/c1-15(2)19-12-8-4-5-9-13-20-16(3)14-17-10-6-7-11-18(17)20/h6-7,10-11,15-16,19H,4-5,8-9,12-14H2,1-3H3. The minimum Gasteiger partial charge on any atom is -0.368 e. The highest BCUT2D eigenvalue weighted by Gasteiger charge is 2.24. The third kappa shape index (κ3) is 4.24. The lowest BCUT2D eigenvalue weighted by Crippen LogP contribution is -2.30. The molecule has 0 spiro atoms. The molecule has 1 unspecified atom stereocenters. The molecule has 0 fully saturated rings.